The fraction of sp³-hybridized carbons (Fsp3) is 1.00. The van der Waals surface area contributed by atoms with Crippen molar-refractivity contribution >= 4 is 0 Å². The van der Waals surface area contributed by atoms with Crippen molar-refractivity contribution in [2.75, 3.05) is 20.7 Å². The van der Waals surface area contributed by atoms with Crippen molar-refractivity contribution < 1.29 is 4.74 Å². The van der Waals surface area contributed by atoms with E-state index in [0.29, 0.717) is 5.41 Å². The first-order chi connectivity index (χ1) is 7.86. The van der Waals surface area contributed by atoms with Gasteiger partial charge in [0, 0.05) is 12.1 Å². The summed E-state index contributed by atoms with van der Waals surface area (Å²) < 4.78 is 6.08. The van der Waals surface area contributed by atoms with Crippen LogP contribution < -0.4 is 0 Å². The molecule has 0 radical (unpaired) electrons. The van der Waals surface area contributed by atoms with E-state index in [4.69, 9.17) is 4.74 Å². The average molecular weight is 257 g/mol. The molecule has 0 rings (SSSR count). The minimum atomic E-state index is -0.00429. The second-order valence-electron chi connectivity index (χ2n) is 8.13. The number of hydrogen-bond acceptors (Lipinski definition) is 2. The van der Waals surface area contributed by atoms with Crippen LogP contribution in [0.1, 0.15) is 67.7 Å². The van der Waals surface area contributed by atoms with Crippen molar-refractivity contribution in [3.05, 3.63) is 0 Å². The normalized spacial score (nSPS) is 14.3. The maximum atomic E-state index is 6.08. The molecule has 0 spiro atoms. The lowest BCUT2D eigenvalue weighted by Gasteiger charge is -2.35. The Labute approximate surface area is 115 Å². The number of nitrogens with zero attached hydrogens (tertiary/aromatic N) is 1. The molecule has 0 aliphatic rings. The lowest BCUT2D eigenvalue weighted by Crippen LogP contribution is -2.40. The van der Waals surface area contributed by atoms with E-state index in [9.17, 15) is 0 Å². The highest BCUT2D eigenvalue weighted by Crippen LogP contribution is 2.28. The van der Waals surface area contributed by atoms with Crippen LogP contribution in [-0.2, 0) is 4.74 Å². The molecular weight excluding hydrogens is 222 g/mol. The summed E-state index contributed by atoms with van der Waals surface area (Å²) in [6.07, 6.45) is 3.40. The molecule has 18 heavy (non-hydrogen) atoms. The van der Waals surface area contributed by atoms with Crippen LogP contribution in [0.15, 0.2) is 0 Å². The molecule has 0 aromatic heterocycles. The van der Waals surface area contributed by atoms with Gasteiger partial charge in [-0.25, -0.2) is 0 Å². The molecule has 0 saturated carbocycles. The third-order valence-corrected chi connectivity index (χ3v) is 3.89. The minimum Gasteiger partial charge on any atom is -0.376 e. The zero-order chi connectivity index (χ0) is 14.6. The van der Waals surface area contributed by atoms with Gasteiger partial charge in [0.15, 0.2) is 0 Å². The predicted octanol–water partition coefficient (Wildman–Crippen LogP) is 4.34. The molecule has 0 heterocycles. The van der Waals surface area contributed by atoms with Crippen molar-refractivity contribution in [1.82, 2.24) is 4.90 Å². The zero-order valence-corrected chi connectivity index (χ0v) is 14.2. The van der Waals surface area contributed by atoms with Crippen LogP contribution in [0.25, 0.3) is 0 Å². The smallest absolute Gasteiger partial charge is 0.0626 e. The lowest BCUT2D eigenvalue weighted by atomic mass is 9.86. The Bertz CT molecular complexity index is 236. The molecule has 0 aromatic carbocycles. The third-order valence-electron chi connectivity index (χ3n) is 3.89. The quantitative estimate of drug-likeness (QED) is 0.673. The average Bonchev–Trinajstić information content (AvgIpc) is 2.13. The van der Waals surface area contributed by atoms with Crippen molar-refractivity contribution in [3.63, 3.8) is 0 Å². The fourth-order valence-electron chi connectivity index (χ4n) is 1.55. The molecule has 0 aliphatic heterocycles. The largest absolute Gasteiger partial charge is 0.376 e. The maximum Gasteiger partial charge on any atom is 0.0626 e. The Morgan fingerprint density at radius 1 is 0.778 bits per heavy atom. The maximum absolute atomic E-state index is 6.08. The van der Waals surface area contributed by atoms with Gasteiger partial charge in [-0.3, -0.25) is 0 Å². The van der Waals surface area contributed by atoms with E-state index in [1.807, 2.05) is 0 Å². The number of ether oxygens (including phenoxy) is 1. The molecule has 0 aliphatic carbocycles. The molecule has 0 saturated heterocycles. The van der Waals surface area contributed by atoms with Crippen LogP contribution in [0.3, 0.4) is 0 Å². The van der Waals surface area contributed by atoms with Gasteiger partial charge in [-0.15, -0.1) is 0 Å². The number of hydrogen-bond donors (Lipinski definition) is 0. The molecule has 0 fully saturated rings. The van der Waals surface area contributed by atoms with E-state index in [1.165, 1.54) is 6.42 Å². The monoisotopic (exact) mass is 257 g/mol. The van der Waals surface area contributed by atoms with Gasteiger partial charge >= 0.3 is 0 Å². The molecule has 0 aromatic rings. The second-order valence-corrected chi connectivity index (χ2v) is 8.13. The van der Waals surface area contributed by atoms with Crippen molar-refractivity contribution in [2.24, 2.45) is 5.41 Å². The van der Waals surface area contributed by atoms with Gasteiger partial charge in [0.2, 0.25) is 0 Å². The Balaban J connectivity index is 4.05. The van der Waals surface area contributed by atoms with Gasteiger partial charge in [0.1, 0.15) is 0 Å². The Kier molecular flexibility index (Phi) is 6.35. The fourth-order valence-corrected chi connectivity index (χ4v) is 1.55. The van der Waals surface area contributed by atoms with Crippen LogP contribution in [0.4, 0.5) is 0 Å². The highest BCUT2D eigenvalue weighted by molar-refractivity contribution is 4.78. The highest BCUT2D eigenvalue weighted by Gasteiger charge is 2.25. The van der Waals surface area contributed by atoms with E-state index in [-0.39, 0.29) is 11.1 Å². The molecule has 2 nitrogen and oxygen atoms in total. The van der Waals surface area contributed by atoms with Crippen LogP contribution in [0.2, 0.25) is 0 Å². The van der Waals surface area contributed by atoms with Crippen LogP contribution >= 0.6 is 0 Å². The van der Waals surface area contributed by atoms with Gasteiger partial charge < -0.3 is 9.64 Å². The van der Waals surface area contributed by atoms with Crippen LogP contribution in [0, 0.1) is 5.41 Å². The van der Waals surface area contributed by atoms with E-state index in [1.54, 1.807) is 0 Å². The van der Waals surface area contributed by atoms with Gasteiger partial charge in [-0.1, -0.05) is 20.8 Å². The van der Waals surface area contributed by atoms with Gasteiger partial charge in [-0.2, -0.15) is 0 Å². The van der Waals surface area contributed by atoms with E-state index >= 15 is 0 Å². The van der Waals surface area contributed by atoms with Crippen LogP contribution in [0.5, 0.6) is 0 Å². The Morgan fingerprint density at radius 3 is 1.67 bits per heavy atom. The summed E-state index contributed by atoms with van der Waals surface area (Å²) in [7, 11) is 4.26. The van der Waals surface area contributed by atoms with E-state index < -0.39 is 0 Å². The minimum absolute atomic E-state index is 0.00429. The second kappa shape index (κ2) is 6.38. The third kappa shape index (κ3) is 8.10. The SMILES string of the molecule is CN(C)C(C)(C)CCOC(C)(C)CCC(C)(C)C. The van der Waals surface area contributed by atoms with Gasteiger partial charge in [0.25, 0.3) is 0 Å². The first-order valence-electron chi connectivity index (χ1n) is 7.17. The summed E-state index contributed by atoms with van der Waals surface area (Å²) in [5.41, 5.74) is 0.597. The predicted molar refractivity (Wildman–Crippen MR) is 81.1 cm³/mol. The summed E-state index contributed by atoms with van der Waals surface area (Å²) >= 11 is 0. The Morgan fingerprint density at radius 2 is 1.28 bits per heavy atom. The van der Waals surface area contributed by atoms with E-state index in [2.05, 4.69) is 67.5 Å². The van der Waals surface area contributed by atoms with Gasteiger partial charge in [0.05, 0.1) is 5.60 Å². The highest BCUT2D eigenvalue weighted by atomic mass is 16.5. The molecule has 0 bridgehead atoms. The Hall–Kier alpha value is -0.0800. The standard InChI is InChI=1S/C16H35NO/c1-14(2,3)10-11-16(6,7)18-13-12-15(4,5)17(8)9/h10-13H2,1-9H3. The molecule has 2 heteroatoms. The van der Waals surface area contributed by atoms with E-state index in [0.717, 1.165) is 19.4 Å². The first kappa shape index (κ1) is 17.9. The number of rotatable bonds is 7. The topological polar surface area (TPSA) is 12.5 Å². The van der Waals surface area contributed by atoms with Crippen LogP contribution in [-0.4, -0.2) is 36.7 Å². The van der Waals surface area contributed by atoms with Crippen molar-refractivity contribution in [1.29, 1.82) is 0 Å². The molecule has 0 N–H and O–H groups in total. The first-order valence-corrected chi connectivity index (χ1v) is 7.17. The summed E-state index contributed by atoms with van der Waals surface area (Å²) in [5, 5.41) is 0. The van der Waals surface area contributed by atoms with Gasteiger partial charge in [-0.05, 0) is 66.5 Å². The molecule has 0 unspecified atom stereocenters. The molecular formula is C16H35NO. The summed E-state index contributed by atoms with van der Waals surface area (Å²) in [6, 6.07) is 0. The lowest BCUT2D eigenvalue weighted by molar-refractivity contribution is -0.0424. The van der Waals surface area contributed by atoms with Crippen molar-refractivity contribution in [3.8, 4) is 0 Å². The summed E-state index contributed by atoms with van der Waals surface area (Å²) in [6.45, 7) is 16.6. The van der Waals surface area contributed by atoms with Crippen molar-refractivity contribution in [2.45, 2.75) is 78.9 Å². The molecule has 0 amide bonds. The zero-order valence-electron chi connectivity index (χ0n) is 14.2. The molecule has 110 valence electrons. The summed E-state index contributed by atoms with van der Waals surface area (Å²) in [4.78, 5) is 2.26. The summed E-state index contributed by atoms with van der Waals surface area (Å²) in [5.74, 6) is 0. The molecule has 0 atom stereocenters.